The minimum absolute atomic E-state index is 0.0828. The highest BCUT2D eigenvalue weighted by molar-refractivity contribution is 6.30. The first-order valence-corrected chi connectivity index (χ1v) is 7.91. The molecule has 0 aromatic heterocycles. The molecule has 0 radical (unpaired) electrons. The number of benzene rings is 2. The number of amides is 3. The zero-order valence-corrected chi connectivity index (χ0v) is 14.4. The molecule has 9 heteroatoms. The molecule has 1 saturated heterocycles. The van der Waals surface area contributed by atoms with Gasteiger partial charge in [0.05, 0.1) is 29.0 Å². The van der Waals surface area contributed by atoms with Crippen LogP contribution in [0.4, 0.5) is 29.3 Å². The monoisotopic (exact) mass is 384 g/mol. The van der Waals surface area contributed by atoms with Crippen LogP contribution in [0, 0.1) is 22.7 Å². The number of anilines is 2. The molecule has 140 valence electrons. The van der Waals surface area contributed by atoms with Gasteiger partial charge in [0, 0.05) is 5.69 Å². The summed E-state index contributed by atoms with van der Waals surface area (Å²) >= 11 is 0. The zero-order chi connectivity index (χ0) is 20.7. The van der Waals surface area contributed by atoms with Gasteiger partial charge in [0.2, 0.25) is 5.54 Å². The van der Waals surface area contributed by atoms with Gasteiger partial charge in [-0.2, -0.15) is 23.7 Å². The molecule has 1 heterocycles. The lowest BCUT2D eigenvalue weighted by molar-refractivity contribution is -0.182. The third kappa shape index (κ3) is 2.65. The smallest absolute Gasteiger partial charge is 0.271 e. The van der Waals surface area contributed by atoms with E-state index in [9.17, 15) is 22.8 Å². The molecular weight excluding hydrogens is 373 g/mol. The number of hydrogen-bond acceptors (Lipinski definition) is 4. The molecule has 2 aromatic rings. The van der Waals surface area contributed by atoms with Crippen molar-refractivity contribution in [1.29, 1.82) is 10.5 Å². The average molecular weight is 384 g/mol. The maximum absolute atomic E-state index is 13.9. The molecule has 3 amide bonds. The van der Waals surface area contributed by atoms with E-state index >= 15 is 0 Å². The summed E-state index contributed by atoms with van der Waals surface area (Å²) in [7, 11) is 0. The molecule has 0 aliphatic carbocycles. The number of carbonyl (C=O) groups excluding carboxylic acids is 2. The van der Waals surface area contributed by atoms with E-state index in [0.29, 0.717) is 16.7 Å². The Kier molecular flexibility index (Phi) is 4.32. The van der Waals surface area contributed by atoms with Crippen molar-refractivity contribution in [2.24, 2.45) is 0 Å². The van der Waals surface area contributed by atoms with Crippen molar-refractivity contribution in [2.45, 2.75) is 18.6 Å². The van der Waals surface area contributed by atoms with Crippen LogP contribution < -0.4 is 9.80 Å². The van der Waals surface area contributed by atoms with Gasteiger partial charge >= 0.3 is 12.2 Å². The summed E-state index contributed by atoms with van der Waals surface area (Å²) in [6.07, 6.45) is -5.06. The van der Waals surface area contributed by atoms with Gasteiger partial charge in [0.1, 0.15) is 0 Å². The summed E-state index contributed by atoms with van der Waals surface area (Å²) in [4.78, 5) is 26.5. The van der Waals surface area contributed by atoms with Gasteiger partial charge in [-0.25, -0.2) is 9.69 Å². The van der Waals surface area contributed by atoms with Gasteiger partial charge in [-0.05, 0) is 55.5 Å². The molecule has 1 aliphatic rings. The molecule has 0 saturated carbocycles. The second-order valence-corrected chi connectivity index (χ2v) is 6.15. The van der Waals surface area contributed by atoms with E-state index in [2.05, 4.69) is 0 Å². The molecular formula is C19H11F3N4O2. The molecule has 3 rings (SSSR count). The van der Waals surface area contributed by atoms with E-state index in [1.165, 1.54) is 48.5 Å². The van der Waals surface area contributed by atoms with Gasteiger partial charge in [-0.1, -0.05) is 0 Å². The zero-order valence-electron chi connectivity index (χ0n) is 14.4. The second kappa shape index (κ2) is 6.39. The van der Waals surface area contributed by atoms with Crippen LogP contribution in [-0.2, 0) is 4.79 Å². The van der Waals surface area contributed by atoms with Gasteiger partial charge in [0.15, 0.2) is 0 Å². The number of urea groups is 1. The lowest BCUT2D eigenvalue weighted by atomic mass is 9.98. The maximum Gasteiger partial charge on any atom is 0.421 e. The molecule has 0 bridgehead atoms. The fraction of sp³-hybridized carbons (Fsp3) is 0.158. The third-order valence-electron chi connectivity index (χ3n) is 4.51. The fourth-order valence-corrected chi connectivity index (χ4v) is 2.91. The normalized spacial score (nSPS) is 19.5. The van der Waals surface area contributed by atoms with Crippen LogP contribution >= 0.6 is 0 Å². The Morgan fingerprint density at radius 1 is 0.857 bits per heavy atom. The highest BCUT2D eigenvalue weighted by Gasteiger charge is 2.69. The second-order valence-electron chi connectivity index (χ2n) is 6.15. The van der Waals surface area contributed by atoms with Crippen molar-refractivity contribution in [2.75, 3.05) is 9.80 Å². The molecule has 2 aromatic carbocycles. The predicted octanol–water partition coefficient (Wildman–Crippen LogP) is 3.72. The maximum atomic E-state index is 13.9. The van der Waals surface area contributed by atoms with Crippen LogP contribution in [0.15, 0.2) is 48.5 Å². The van der Waals surface area contributed by atoms with Crippen molar-refractivity contribution in [3.8, 4) is 12.1 Å². The molecule has 0 N–H and O–H groups in total. The first kappa shape index (κ1) is 18.9. The molecule has 1 atom stereocenters. The van der Waals surface area contributed by atoms with Crippen molar-refractivity contribution in [1.82, 2.24) is 0 Å². The van der Waals surface area contributed by atoms with Crippen LogP contribution in [0.3, 0.4) is 0 Å². The molecule has 1 unspecified atom stereocenters. The summed E-state index contributed by atoms with van der Waals surface area (Å²) in [6, 6.07) is 12.4. The highest BCUT2D eigenvalue weighted by Crippen LogP contribution is 2.45. The van der Waals surface area contributed by atoms with E-state index in [0.717, 1.165) is 0 Å². The number of nitrogens with zero attached hydrogens (tertiary/aromatic N) is 4. The standard InChI is InChI=1S/C19H11F3N4O2/c1-18(19(20,21)22)16(27)25(14-6-2-12(10-23)3-7-14)17(28)26(18)15-8-4-13(11-24)5-9-15/h2-9H,1H3. The van der Waals surface area contributed by atoms with Crippen molar-refractivity contribution < 1.29 is 22.8 Å². The van der Waals surface area contributed by atoms with Crippen molar-refractivity contribution in [3.05, 3.63) is 59.7 Å². The SMILES string of the molecule is CC1(C(F)(F)F)C(=O)N(c2ccc(C#N)cc2)C(=O)N1c1ccc(C#N)cc1. The minimum atomic E-state index is -5.06. The van der Waals surface area contributed by atoms with Gasteiger partial charge in [-0.3, -0.25) is 9.69 Å². The summed E-state index contributed by atoms with van der Waals surface area (Å²) in [5.41, 5.74) is -2.97. The Morgan fingerprint density at radius 3 is 1.68 bits per heavy atom. The number of carbonyl (C=O) groups is 2. The van der Waals surface area contributed by atoms with E-state index in [-0.39, 0.29) is 22.5 Å². The summed E-state index contributed by atoms with van der Waals surface area (Å²) in [6.45, 7) is 0.634. The number of alkyl halides is 3. The van der Waals surface area contributed by atoms with Crippen LogP contribution in [-0.4, -0.2) is 23.7 Å². The van der Waals surface area contributed by atoms with E-state index in [4.69, 9.17) is 10.5 Å². The van der Waals surface area contributed by atoms with E-state index in [1.807, 2.05) is 12.1 Å². The largest absolute Gasteiger partial charge is 0.421 e. The fourth-order valence-electron chi connectivity index (χ4n) is 2.91. The third-order valence-corrected chi connectivity index (χ3v) is 4.51. The van der Waals surface area contributed by atoms with E-state index < -0.39 is 23.7 Å². The molecule has 6 nitrogen and oxygen atoms in total. The number of nitriles is 2. The van der Waals surface area contributed by atoms with Crippen molar-refractivity contribution in [3.63, 3.8) is 0 Å². The highest BCUT2D eigenvalue weighted by atomic mass is 19.4. The van der Waals surface area contributed by atoms with Crippen LogP contribution in [0.5, 0.6) is 0 Å². The van der Waals surface area contributed by atoms with E-state index in [1.54, 1.807) is 0 Å². The number of hydrogen-bond donors (Lipinski definition) is 0. The van der Waals surface area contributed by atoms with Crippen LogP contribution in [0.2, 0.25) is 0 Å². The van der Waals surface area contributed by atoms with Crippen molar-refractivity contribution >= 4 is 23.3 Å². The lowest BCUT2D eigenvalue weighted by Crippen LogP contribution is -2.58. The molecule has 28 heavy (non-hydrogen) atoms. The Balaban J connectivity index is 2.16. The van der Waals surface area contributed by atoms with Gasteiger partial charge in [-0.15, -0.1) is 0 Å². The topological polar surface area (TPSA) is 88.2 Å². The number of rotatable bonds is 2. The minimum Gasteiger partial charge on any atom is -0.271 e. The quantitative estimate of drug-likeness (QED) is 0.738. The number of halogens is 3. The molecule has 1 aliphatic heterocycles. The summed E-state index contributed by atoms with van der Waals surface area (Å²) in [5.74, 6) is -1.46. The number of imide groups is 1. The van der Waals surface area contributed by atoms with Crippen LogP contribution in [0.1, 0.15) is 18.1 Å². The van der Waals surface area contributed by atoms with Crippen LogP contribution in [0.25, 0.3) is 0 Å². The molecule has 0 spiro atoms. The molecule has 1 fully saturated rings. The lowest BCUT2D eigenvalue weighted by Gasteiger charge is -2.33. The first-order chi connectivity index (χ1) is 13.1. The summed E-state index contributed by atoms with van der Waals surface area (Å²) < 4.78 is 41.8. The Labute approximate surface area is 157 Å². The average Bonchev–Trinajstić information content (AvgIpc) is 2.88. The van der Waals surface area contributed by atoms with Gasteiger partial charge in [0.25, 0.3) is 5.91 Å². The Hall–Kier alpha value is -3.85. The Bertz CT molecular complexity index is 1030. The summed E-state index contributed by atoms with van der Waals surface area (Å²) in [5, 5.41) is 17.7. The van der Waals surface area contributed by atoms with Gasteiger partial charge < -0.3 is 0 Å². The predicted molar refractivity (Wildman–Crippen MR) is 92.1 cm³/mol. The first-order valence-electron chi connectivity index (χ1n) is 7.91. The Morgan fingerprint density at radius 2 is 1.29 bits per heavy atom.